The molecule has 0 aliphatic heterocycles. The Morgan fingerprint density at radius 3 is 1.49 bits per heavy atom. The molecule has 1 aliphatic carbocycles. The van der Waals surface area contributed by atoms with Crippen LogP contribution in [0.15, 0.2) is 291 Å². The first-order valence-electron chi connectivity index (χ1n) is 30.4. The van der Waals surface area contributed by atoms with Crippen LogP contribution >= 0.6 is 0 Å². The smallest absolute Gasteiger partial charge is 0.576 e. The van der Waals surface area contributed by atoms with E-state index < -0.39 is 15.1 Å². The summed E-state index contributed by atoms with van der Waals surface area (Å²) in [6.07, 6.45) is 8.25. The van der Waals surface area contributed by atoms with E-state index in [0.717, 1.165) is 60.6 Å². The number of hydrogen-bond acceptors (Lipinski definition) is 12. The summed E-state index contributed by atoms with van der Waals surface area (Å²) in [6.45, 7) is 7.47. The van der Waals surface area contributed by atoms with E-state index in [1.54, 1.807) is 18.6 Å². The van der Waals surface area contributed by atoms with Gasteiger partial charge in [-0.2, -0.15) is 9.97 Å². The molecule has 1 N–H and O–H groups in total. The first-order valence-corrected chi connectivity index (χ1v) is 31.8. The largest absolute Gasteiger partial charge is 1.20 e. The minimum absolute atomic E-state index is 0. The number of aliphatic hydroxyl groups excluding tert-OH is 1. The summed E-state index contributed by atoms with van der Waals surface area (Å²) in [5.41, 5.74) is 12.3. The van der Waals surface area contributed by atoms with Crippen LogP contribution in [0.4, 0.5) is 0 Å². The van der Waals surface area contributed by atoms with E-state index in [2.05, 4.69) is 105 Å². The van der Waals surface area contributed by atoms with Crippen molar-refractivity contribution in [3.63, 3.8) is 0 Å². The van der Waals surface area contributed by atoms with Gasteiger partial charge in [-0.05, 0) is 90.0 Å². The maximum atomic E-state index is 10.0. The first-order chi connectivity index (χ1) is 45.6. The summed E-state index contributed by atoms with van der Waals surface area (Å²) in [5, 5.41) is 14.9. The molecule has 0 atom stereocenters. The summed E-state index contributed by atoms with van der Waals surface area (Å²) in [5.74, 6) is 3.72. The van der Waals surface area contributed by atoms with Crippen LogP contribution in [-0.4, -0.2) is 65.5 Å². The van der Waals surface area contributed by atoms with Crippen molar-refractivity contribution in [2.75, 3.05) is 0 Å². The molecule has 94 heavy (non-hydrogen) atoms. The van der Waals surface area contributed by atoms with Crippen LogP contribution in [0.2, 0.25) is 0 Å². The fraction of sp³-hybridized carbons (Fsp3) is 0.0633. The van der Waals surface area contributed by atoms with E-state index in [-0.39, 0.29) is 37.1 Å². The molecule has 0 fully saturated rings. The Balaban J connectivity index is 0.000000135. The van der Waals surface area contributed by atoms with Gasteiger partial charge in [0.2, 0.25) is 5.95 Å². The van der Waals surface area contributed by atoms with E-state index in [4.69, 9.17) is 31.4 Å². The minimum Gasteiger partial charge on any atom is -0.576 e. The standard InChI is InChI=1S/C32H24N4.C15H10N.3C9H7NO.C5H8O2.Al.Ir/c1-32(2)25-19-11-9-17-23(25)28-27(32)24-18-10-12-20-26(24)36(28)31-34-29(21-13-5-3-6-14-21)33-30(35-31)22-15-7-4-8-16-22;1-2-7-13(8-3-1)15-14-9-5-4-6-12(14)10-11-16-15;3*11-8-5-1-3-7-4-2-6-10-9(7)8;1-4(6)3-5(2)7;;/h3-20H,1-2H3;1-7,9-11H;3*1-6,11H;3,6H,1-2H3;;/q;-1;;;;;+3;/p-3. The van der Waals surface area contributed by atoms with Crippen molar-refractivity contribution < 1.29 is 41.4 Å². The number of aromatic nitrogens is 8. The molecule has 1 radical (unpaired) electrons. The normalized spacial score (nSPS) is 11.8. The van der Waals surface area contributed by atoms with E-state index >= 15 is 0 Å². The van der Waals surface area contributed by atoms with E-state index in [9.17, 15) is 4.79 Å². The molecule has 0 bridgehead atoms. The third kappa shape index (κ3) is 13.6. The number of allylic oxidation sites excluding steroid dienone is 2. The number of pyridine rings is 4. The number of nitrogens with zero attached hydrogens (tertiary/aromatic N) is 8. The van der Waals surface area contributed by atoms with Gasteiger partial charge in [0.1, 0.15) is 33.8 Å². The van der Waals surface area contributed by atoms with Gasteiger partial charge in [-0.1, -0.05) is 196 Å². The van der Waals surface area contributed by atoms with Crippen molar-refractivity contribution in [2.24, 2.45) is 0 Å². The van der Waals surface area contributed by atoms with Crippen LogP contribution in [-0.2, 0) is 30.3 Å². The van der Waals surface area contributed by atoms with Gasteiger partial charge in [-0.25, -0.2) is 4.98 Å². The molecule has 0 unspecified atom stereocenters. The molecule has 0 saturated heterocycles. The molecule has 0 amide bonds. The number of aliphatic hydroxyl groups is 1. The molecule has 1 aliphatic rings. The van der Waals surface area contributed by atoms with E-state index in [1.807, 2.05) is 200 Å². The number of fused-ring (bicyclic) bond motifs is 9. The van der Waals surface area contributed by atoms with Crippen molar-refractivity contribution in [3.05, 3.63) is 309 Å². The summed E-state index contributed by atoms with van der Waals surface area (Å²) in [6, 6.07) is 88.1. The van der Waals surface area contributed by atoms with Crippen molar-refractivity contribution in [1.29, 1.82) is 0 Å². The maximum absolute atomic E-state index is 10.0. The van der Waals surface area contributed by atoms with Crippen LogP contribution in [0.25, 0.3) is 106 Å². The SMILES string of the molecule is CC(=O)C=C(C)O.CC1(C)c2ccccc2-c2c1c1ccccc1n2-c1nc(-c2ccccc2)nc(-c2ccccc2)n1.[Ir].[c-]1ccccc1-c1nccc2ccccc12.c1cnc2c([O][Al]([O]c3cccc4cccnc34)[O]c3cccc4cccnc34)cccc2c1. The maximum Gasteiger partial charge on any atom is 1.20 e. The summed E-state index contributed by atoms with van der Waals surface area (Å²) >= 11 is -2.86. The third-order valence-electron chi connectivity index (χ3n) is 15.7. The van der Waals surface area contributed by atoms with Crippen LogP contribution in [0.1, 0.15) is 38.8 Å². The second-order valence-corrected chi connectivity index (χ2v) is 23.7. The van der Waals surface area contributed by atoms with Gasteiger partial charge in [0.05, 0.1) is 17.0 Å². The zero-order chi connectivity index (χ0) is 63.7. The summed E-state index contributed by atoms with van der Waals surface area (Å²) < 4.78 is 21.5. The Bertz CT molecular complexity index is 4940. The Labute approximate surface area is 562 Å². The van der Waals surface area contributed by atoms with Gasteiger partial charge < -0.3 is 21.5 Å². The monoisotopic (exact) mass is 1420 g/mol. The van der Waals surface area contributed by atoms with E-state index in [0.29, 0.717) is 34.8 Å². The number of para-hydroxylation sites is 4. The molecule has 459 valence electrons. The van der Waals surface area contributed by atoms with Crippen molar-refractivity contribution in [2.45, 2.75) is 33.1 Å². The van der Waals surface area contributed by atoms with Crippen molar-refractivity contribution >= 4 is 75.3 Å². The van der Waals surface area contributed by atoms with Gasteiger partial charge >= 0.3 is 15.1 Å². The number of hydrogen-bond donors (Lipinski definition) is 1. The number of carbonyl (C=O) groups is 1. The molecule has 9 aromatic carbocycles. The molecular weight excluding hydrogens is 1360 g/mol. The van der Waals surface area contributed by atoms with Crippen LogP contribution in [0, 0.1) is 6.07 Å². The van der Waals surface area contributed by atoms with Gasteiger partial charge in [0.25, 0.3) is 0 Å². The summed E-state index contributed by atoms with van der Waals surface area (Å²) in [4.78, 5) is 43.0. The fourth-order valence-electron chi connectivity index (χ4n) is 11.7. The Morgan fingerprint density at radius 2 is 0.968 bits per heavy atom. The van der Waals surface area contributed by atoms with Gasteiger partial charge in [-0.15, -0.1) is 35.9 Å². The quantitative estimate of drug-likeness (QED) is 0.0566. The molecule has 15 aromatic rings. The molecule has 13 nitrogen and oxygen atoms in total. The second kappa shape index (κ2) is 28.6. The number of carbonyl (C=O) groups excluding carboxylic acids is 1. The number of ketones is 1. The molecule has 16 rings (SSSR count). The Kier molecular flexibility index (Phi) is 19.2. The molecule has 0 spiro atoms. The van der Waals surface area contributed by atoms with Crippen LogP contribution in [0.3, 0.4) is 0 Å². The molecule has 0 saturated carbocycles. The average molecular weight is 1420 g/mol. The predicted molar refractivity (Wildman–Crippen MR) is 371 cm³/mol. The zero-order valence-electron chi connectivity index (χ0n) is 51.7. The number of rotatable bonds is 11. The topological polar surface area (TPSA) is 160 Å². The van der Waals surface area contributed by atoms with E-state index in [1.165, 1.54) is 58.5 Å². The van der Waals surface area contributed by atoms with Gasteiger partial charge in [-0.3, -0.25) is 24.3 Å². The first kappa shape index (κ1) is 63.1. The fourth-order valence-corrected chi connectivity index (χ4v) is 13.0. The Hall–Kier alpha value is -11.0. The molecular formula is C79H60AlIrN8O5-. The van der Waals surface area contributed by atoms with Gasteiger partial charge in [0, 0.05) is 94.6 Å². The molecule has 6 heterocycles. The average Bonchev–Trinajstić information content (AvgIpc) is 1.54. The van der Waals surface area contributed by atoms with Crippen molar-refractivity contribution in [3.8, 4) is 68.5 Å². The summed E-state index contributed by atoms with van der Waals surface area (Å²) in [7, 11) is 0. The van der Waals surface area contributed by atoms with Gasteiger partial charge in [0.15, 0.2) is 17.4 Å². The second-order valence-electron chi connectivity index (χ2n) is 22.5. The van der Waals surface area contributed by atoms with Crippen LogP contribution < -0.4 is 11.4 Å². The zero-order valence-corrected chi connectivity index (χ0v) is 55.3. The Morgan fingerprint density at radius 1 is 0.489 bits per heavy atom. The molecule has 15 heteroatoms. The number of benzene rings is 9. The minimum atomic E-state index is -2.86. The molecule has 6 aromatic heterocycles. The predicted octanol–water partition coefficient (Wildman–Crippen LogP) is 18.0. The van der Waals surface area contributed by atoms with Crippen LogP contribution in [0.5, 0.6) is 17.2 Å². The van der Waals surface area contributed by atoms with Crippen molar-refractivity contribution in [1.82, 2.24) is 39.5 Å². The third-order valence-corrected chi connectivity index (χ3v) is 17.1.